The van der Waals surface area contributed by atoms with E-state index in [9.17, 15) is 39.3 Å². The van der Waals surface area contributed by atoms with Crippen LogP contribution in [0.5, 0.6) is 0 Å². The Morgan fingerprint density at radius 2 is 1.84 bits per heavy atom. The number of allylic oxidation sites excluding steroid dienone is 1. The molecule has 5 rings (SSSR count). The molecule has 15 heteroatoms. The number of carboxylic acid groups (broad SMARTS) is 2. The van der Waals surface area contributed by atoms with Crippen molar-refractivity contribution in [3.8, 4) is 0 Å². The Bertz CT molecular complexity index is 1540. The van der Waals surface area contributed by atoms with Crippen LogP contribution >= 0.6 is 11.8 Å². The van der Waals surface area contributed by atoms with Crippen LogP contribution < -0.4 is 16.4 Å². The summed E-state index contributed by atoms with van der Waals surface area (Å²) in [5.74, 6) is -5.40. The Balaban J connectivity index is 1.46. The molecule has 0 bridgehead atoms. The van der Waals surface area contributed by atoms with E-state index in [0.29, 0.717) is 18.6 Å². The smallest absolute Gasteiger partial charge is 0.353 e. The van der Waals surface area contributed by atoms with Gasteiger partial charge in [-0.25, -0.2) is 9.59 Å². The Morgan fingerprint density at radius 3 is 2.47 bits per heavy atom. The van der Waals surface area contributed by atoms with Crippen molar-refractivity contribution in [3.05, 3.63) is 53.1 Å². The summed E-state index contributed by atoms with van der Waals surface area (Å²) in [7, 11) is 0. The van der Waals surface area contributed by atoms with Crippen LogP contribution in [-0.2, 0) is 35.1 Å². The van der Waals surface area contributed by atoms with Crippen molar-refractivity contribution in [2.75, 3.05) is 5.75 Å². The van der Waals surface area contributed by atoms with Gasteiger partial charge in [0.05, 0.1) is 4.75 Å². The lowest BCUT2D eigenvalue weighted by molar-refractivity contribution is -0.159. The lowest BCUT2D eigenvalue weighted by Crippen LogP contribution is -2.55. The second kappa shape index (κ2) is 14.6. The van der Waals surface area contributed by atoms with Crippen molar-refractivity contribution < 1.29 is 49.1 Å². The van der Waals surface area contributed by atoms with Crippen LogP contribution in [0.1, 0.15) is 76.7 Å². The third-order valence-electron chi connectivity index (χ3n) is 10.7. The number of esters is 1. The summed E-state index contributed by atoms with van der Waals surface area (Å²) >= 11 is 1.39. The maximum absolute atomic E-state index is 13.6. The number of aliphatic carboxylic acids is 2. The second-order valence-electron chi connectivity index (χ2n) is 13.6. The molecule has 8 N–H and O–H groups in total. The highest BCUT2D eigenvalue weighted by molar-refractivity contribution is 8.01. The van der Waals surface area contributed by atoms with Gasteiger partial charge >= 0.3 is 17.9 Å². The molecule has 1 aromatic heterocycles. The van der Waals surface area contributed by atoms with Gasteiger partial charge in [-0.15, -0.1) is 11.8 Å². The number of carbonyl (C=O) groups is 5. The minimum Gasteiger partial charge on any atom is -0.478 e. The average Bonchev–Trinajstić information content (AvgIpc) is 3.70. The number of thioether (sulfide) groups is 1. The zero-order chi connectivity index (χ0) is 35.6. The van der Waals surface area contributed by atoms with E-state index in [-0.39, 0.29) is 23.1 Å². The number of aliphatic hydroxyl groups excluding tert-OH is 1. The number of nitrogens with one attached hydrogen (secondary N) is 2. The molecule has 0 saturated heterocycles. The van der Waals surface area contributed by atoms with E-state index in [1.54, 1.807) is 12.4 Å². The van der Waals surface area contributed by atoms with Gasteiger partial charge in [0.25, 0.3) is 0 Å². The van der Waals surface area contributed by atoms with Crippen LogP contribution in [0.2, 0.25) is 0 Å². The van der Waals surface area contributed by atoms with Crippen molar-refractivity contribution in [3.63, 3.8) is 0 Å². The first-order valence-electron chi connectivity index (χ1n) is 16.7. The topological polar surface area (TPSA) is 238 Å². The fourth-order valence-corrected chi connectivity index (χ4v) is 9.94. The summed E-state index contributed by atoms with van der Waals surface area (Å²) in [4.78, 5) is 66.6. The van der Waals surface area contributed by atoms with Crippen molar-refractivity contribution >= 4 is 41.5 Å². The summed E-state index contributed by atoms with van der Waals surface area (Å²) in [5.41, 5.74) is 5.64. The Morgan fingerprint density at radius 1 is 1.14 bits per heavy atom. The van der Waals surface area contributed by atoms with E-state index in [4.69, 9.17) is 15.6 Å². The lowest BCUT2D eigenvalue weighted by Gasteiger charge is -2.52. The van der Waals surface area contributed by atoms with Crippen LogP contribution in [0.4, 0.5) is 0 Å². The predicted octanol–water partition coefficient (Wildman–Crippen LogP) is 1.75. The molecule has 0 aromatic carbocycles. The zero-order valence-electron chi connectivity index (χ0n) is 27.4. The molecule has 0 unspecified atom stereocenters. The number of pyridine rings is 1. The summed E-state index contributed by atoms with van der Waals surface area (Å²) in [6, 6.07) is 2.55. The predicted molar refractivity (Wildman–Crippen MR) is 176 cm³/mol. The lowest BCUT2D eigenvalue weighted by atomic mass is 9.61. The minimum absolute atomic E-state index is 0.0791. The number of aromatic nitrogens is 1. The van der Waals surface area contributed by atoms with Crippen molar-refractivity contribution in [2.45, 2.75) is 100 Å². The van der Waals surface area contributed by atoms with E-state index in [1.165, 1.54) is 11.8 Å². The van der Waals surface area contributed by atoms with Gasteiger partial charge in [0, 0.05) is 31.0 Å². The molecule has 0 spiro atoms. The molecule has 1 fully saturated rings. The Hall–Kier alpha value is -3.79. The monoisotopic (exact) mass is 700 g/mol. The van der Waals surface area contributed by atoms with E-state index in [2.05, 4.69) is 17.2 Å². The van der Waals surface area contributed by atoms with Crippen LogP contribution in [0.25, 0.3) is 0 Å². The third kappa shape index (κ3) is 7.39. The number of amides is 2. The molecule has 2 heterocycles. The molecule has 0 radical (unpaired) electrons. The van der Waals surface area contributed by atoms with Gasteiger partial charge in [0.2, 0.25) is 23.8 Å². The SMILES string of the molecule is CCC1([C@]2(SC[C@H](NC(=O)CC[C@@](N)(O)C(=O)O)C(=O)N[C@@H](O)C(=O)O)CC[C@H]3CC(Cc4ccncc4)=C[C@H]4C(=O)OC2=C34)CCCC1. The first kappa shape index (κ1) is 36.5. The number of hydrogen-bond acceptors (Lipinski definition) is 11. The van der Waals surface area contributed by atoms with E-state index in [0.717, 1.165) is 61.7 Å². The molecule has 1 aliphatic heterocycles. The number of rotatable bonds is 15. The number of nitrogens with zero attached hydrogens (tertiary/aromatic N) is 1. The third-order valence-corrected chi connectivity index (χ3v) is 12.5. The number of aliphatic hydroxyl groups is 2. The first-order chi connectivity index (χ1) is 23.2. The van der Waals surface area contributed by atoms with E-state index < -0.39 is 65.3 Å². The average molecular weight is 701 g/mol. The summed E-state index contributed by atoms with van der Waals surface area (Å²) in [5, 5.41) is 42.6. The normalized spacial score (nSPS) is 26.4. The molecule has 3 aliphatic carbocycles. The molecular formula is C34H44N4O10S. The maximum Gasteiger partial charge on any atom is 0.353 e. The molecule has 6 atom stereocenters. The standard InChI is InChI=1S/C34H44N4O10S/c1-2-32(9-3-4-10-32)33(49-18-23(27(40)38-28(41)29(42)43)37-24(39)6-12-34(35,47)31(45)46)11-5-21-16-20(15-19-7-13-36-14-8-19)17-22-25(21)26(33)48-30(22)44/h7-8,13-14,17,21-23,28,41,47H,2-6,9-12,15-16,18,35H2,1H3,(H,37,39)(H,38,40)(H,42,43)(H,45,46)/t21-,22+,23-,28-,33-,34+/m0/s1. The van der Waals surface area contributed by atoms with Crippen LogP contribution in [0.3, 0.4) is 0 Å². The highest BCUT2D eigenvalue weighted by Crippen LogP contribution is 2.66. The zero-order valence-corrected chi connectivity index (χ0v) is 28.2. The molecule has 49 heavy (non-hydrogen) atoms. The summed E-state index contributed by atoms with van der Waals surface area (Å²) in [6.45, 7) is 2.11. The molecule has 266 valence electrons. The molecule has 4 aliphatic rings. The second-order valence-corrected chi connectivity index (χ2v) is 14.9. The number of ether oxygens (including phenoxy) is 1. The highest BCUT2D eigenvalue weighted by Gasteiger charge is 2.61. The molecule has 2 amide bonds. The van der Waals surface area contributed by atoms with Gasteiger partial charge in [-0.05, 0) is 79.5 Å². The molecular weight excluding hydrogens is 656 g/mol. The Kier molecular flexibility index (Phi) is 10.9. The van der Waals surface area contributed by atoms with Crippen molar-refractivity contribution in [2.24, 2.45) is 23.0 Å². The van der Waals surface area contributed by atoms with Crippen molar-refractivity contribution in [1.82, 2.24) is 15.6 Å². The fourth-order valence-electron chi connectivity index (χ4n) is 8.05. The number of carbonyl (C=O) groups excluding carboxylic acids is 3. The Labute approximate surface area is 287 Å². The fraction of sp³-hybridized carbons (Fsp3) is 0.588. The van der Waals surface area contributed by atoms with Gasteiger partial charge in [-0.1, -0.05) is 31.4 Å². The largest absolute Gasteiger partial charge is 0.478 e. The summed E-state index contributed by atoms with van der Waals surface area (Å²) in [6.07, 6.45) is 9.46. The molecule has 14 nitrogen and oxygen atoms in total. The van der Waals surface area contributed by atoms with Gasteiger partial charge in [-0.2, -0.15) is 0 Å². The van der Waals surface area contributed by atoms with Crippen LogP contribution in [-0.4, -0.2) is 83.6 Å². The van der Waals surface area contributed by atoms with Crippen LogP contribution in [0.15, 0.2) is 47.5 Å². The van der Waals surface area contributed by atoms with E-state index >= 15 is 0 Å². The quantitative estimate of drug-likeness (QED) is 0.0785. The molecule has 1 saturated carbocycles. The van der Waals surface area contributed by atoms with Gasteiger partial charge in [-0.3, -0.25) is 25.1 Å². The molecule has 1 aromatic rings. The first-order valence-corrected chi connectivity index (χ1v) is 17.6. The number of hydrogen-bond donors (Lipinski definition) is 7. The minimum atomic E-state index is -2.68. The van der Waals surface area contributed by atoms with Gasteiger partial charge < -0.3 is 35.8 Å². The van der Waals surface area contributed by atoms with Crippen LogP contribution in [0, 0.1) is 17.3 Å². The summed E-state index contributed by atoms with van der Waals surface area (Å²) < 4.78 is 5.53. The number of nitrogens with two attached hydrogens (primary N) is 1. The van der Waals surface area contributed by atoms with E-state index in [1.807, 2.05) is 23.5 Å². The van der Waals surface area contributed by atoms with Gasteiger partial charge in [0.15, 0.2) is 0 Å². The highest BCUT2D eigenvalue weighted by atomic mass is 32.2. The van der Waals surface area contributed by atoms with Gasteiger partial charge in [0.1, 0.15) is 17.7 Å². The maximum atomic E-state index is 13.6. The van der Waals surface area contributed by atoms with Crippen molar-refractivity contribution in [1.29, 1.82) is 0 Å². The number of carboxylic acids is 2.